The first-order chi connectivity index (χ1) is 8.88. The maximum absolute atomic E-state index is 11.8. The molecule has 3 atom stereocenters. The van der Waals surface area contributed by atoms with Gasteiger partial charge in [0.25, 0.3) is 0 Å². The van der Waals surface area contributed by atoms with Crippen LogP contribution in [0.5, 0.6) is 0 Å². The summed E-state index contributed by atoms with van der Waals surface area (Å²) in [5, 5.41) is 3.25. The molecule has 0 aliphatic heterocycles. The van der Waals surface area contributed by atoms with Gasteiger partial charge in [-0.15, -0.1) is 0 Å². The van der Waals surface area contributed by atoms with Crippen molar-refractivity contribution in [3.05, 3.63) is 34.3 Å². The van der Waals surface area contributed by atoms with Gasteiger partial charge in [-0.05, 0) is 37.5 Å². The first-order valence-electron chi connectivity index (χ1n) is 6.58. The van der Waals surface area contributed by atoms with Crippen LogP contribution in [0.25, 0.3) is 0 Å². The standard InChI is InChI=1S/C14H20BrNO2S/c1-10(11-6-8-12(15)9-7-11)16-13-4-3-5-14(13)19(2,17)18/h6-10,13-14,16H,3-5H2,1-2H3/t10-,13?,14?/m1/s1. The summed E-state index contributed by atoms with van der Waals surface area (Å²) in [5.74, 6) is 0. The molecule has 0 aromatic heterocycles. The van der Waals surface area contributed by atoms with Crippen LogP contribution >= 0.6 is 15.9 Å². The Morgan fingerprint density at radius 1 is 1.26 bits per heavy atom. The van der Waals surface area contributed by atoms with Gasteiger partial charge in [0.1, 0.15) is 0 Å². The predicted octanol–water partition coefficient (Wildman–Crippen LogP) is 3.07. The molecule has 0 heterocycles. The summed E-state index contributed by atoms with van der Waals surface area (Å²) >= 11 is 3.42. The fourth-order valence-electron chi connectivity index (χ4n) is 2.80. The molecule has 1 aliphatic carbocycles. The number of benzene rings is 1. The third-order valence-corrected chi connectivity index (χ3v) is 6.03. The minimum absolute atomic E-state index is 0.0775. The molecule has 0 bridgehead atoms. The zero-order valence-electron chi connectivity index (χ0n) is 11.3. The van der Waals surface area contributed by atoms with Crippen LogP contribution in [0, 0.1) is 0 Å². The van der Waals surface area contributed by atoms with E-state index in [0.717, 1.165) is 23.7 Å². The van der Waals surface area contributed by atoms with E-state index in [9.17, 15) is 8.42 Å². The van der Waals surface area contributed by atoms with E-state index in [1.807, 2.05) is 12.1 Å². The number of sulfone groups is 1. The lowest BCUT2D eigenvalue weighted by Gasteiger charge is -2.24. The number of hydrogen-bond donors (Lipinski definition) is 1. The molecule has 2 unspecified atom stereocenters. The molecule has 1 aliphatic rings. The van der Waals surface area contributed by atoms with Gasteiger partial charge in [-0.1, -0.05) is 34.5 Å². The van der Waals surface area contributed by atoms with E-state index in [1.54, 1.807) is 0 Å². The second-order valence-corrected chi connectivity index (χ2v) is 8.53. The molecule has 3 nitrogen and oxygen atoms in total. The van der Waals surface area contributed by atoms with Crippen LogP contribution in [0.2, 0.25) is 0 Å². The van der Waals surface area contributed by atoms with Crippen LogP contribution in [0.1, 0.15) is 37.8 Å². The highest BCUT2D eigenvalue weighted by Crippen LogP contribution is 2.27. The van der Waals surface area contributed by atoms with Gasteiger partial charge < -0.3 is 5.32 Å². The average Bonchev–Trinajstić information content (AvgIpc) is 2.77. The Kier molecular flexibility index (Phi) is 4.69. The predicted molar refractivity (Wildman–Crippen MR) is 82.0 cm³/mol. The first-order valence-corrected chi connectivity index (χ1v) is 9.33. The molecule has 0 saturated heterocycles. The lowest BCUT2D eigenvalue weighted by Crippen LogP contribution is -2.41. The van der Waals surface area contributed by atoms with Gasteiger partial charge in [-0.3, -0.25) is 0 Å². The van der Waals surface area contributed by atoms with Gasteiger partial charge in [-0.25, -0.2) is 8.42 Å². The highest BCUT2D eigenvalue weighted by Gasteiger charge is 2.35. The van der Waals surface area contributed by atoms with Crippen molar-refractivity contribution in [1.29, 1.82) is 0 Å². The molecule has 1 saturated carbocycles. The zero-order valence-corrected chi connectivity index (χ0v) is 13.7. The van der Waals surface area contributed by atoms with E-state index < -0.39 is 9.84 Å². The summed E-state index contributed by atoms with van der Waals surface area (Å²) < 4.78 is 24.6. The van der Waals surface area contributed by atoms with E-state index in [1.165, 1.54) is 11.8 Å². The normalized spacial score (nSPS) is 25.4. The van der Waals surface area contributed by atoms with Crippen molar-refractivity contribution >= 4 is 25.8 Å². The minimum atomic E-state index is -2.96. The Hall–Kier alpha value is -0.390. The fourth-order valence-corrected chi connectivity index (χ4v) is 4.47. The van der Waals surface area contributed by atoms with E-state index in [0.29, 0.717) is 0 Å². The van der Waals surface area contributed by atoms with Crippen molar-refractivity contribution in [2.45, 2.75) is 43.5 Å². The number of nitrogens with one attached hydrogen (secondary N) is 1. The topological polar surface area (TPSA) is 46.2 Å². The Morgan fingerprint density at radius 2 is 1.89 bits per heavy atom. The number of rotatable bonds is 4. The number of hydrogen-bond acceptors (Lipinski definition) is 3. The van der Waals surface area contributed by atoms with Crippen molar-refractivity contribution in [2.24, 2.45) is 0 Å². The van der Waals surface area contributed by atoms with Gasteiger partial charge in [0.15, 0.2) is 9.84 Å². The van der Waals surface area contributed by atoms with Crippen molar-refractivity contribution < 1.29 is 8.42 Å². The van der Waals surface area contributed by atoms with Crippen LogP contribution in [0.15, 0.2) is 28.7 Å². The van der Waals surface area contributed by atoms with Crippen molar-refractivity contribution in [3.8, 4) is 0 Å². The third-order valence-electron chi connectivity index (χ3n) is 3.84. The molecule has 1 fully saturated rings. The molecule has 0 spiro atoms. The second-order valence-electron chi connectivity index (χ2n) is 5.35. The van der Waals surface area contributed by atoms with Gasteiger partial charge in [0, 0.05) is 22.8 Å². The largest absolute Gasteiger partial charge is 0.306 e. The van der Waals surface area contributed by atoms with Crippen LogP contribution in [0.4, 0.5) is 0 Å². The molecule has 2 rings (SSSR count). The van der Waals surface area contributed by atoms with E-state index >= 15 is 0 Å². The van der Waals surface area contributed by atoms with Gasteiger partial charge in [-0.2, -0.15) is 0 Å². The summed E-state index contributed by atoms with van der Waals surface area (Å²) in [4.78, 5) is 0. The van der Waals surface area contributed by atoms with E-state index in [-0.39, 0.29) is 17.3 Å². The van der Waals surface area contributed by atoms with Crippen LogP contribution < -0.4 is 5.32 Å². The Morgan fingerprint density at radius 3 is 2.47 bits per heavy atom. The number of halogens is 1. The van der Waals surface area contributed by atoms with Gasteiger partial charge in [0.2, 0.25) is 0 Å². The SMILES string of the molecule is C[C@@H](NC1CCCC1S(C)(=O)=O)c1ccc(Br)cc1. The fraction of sp³-hybridized carbons (Fsp3) is 0.571. The summed E-state index contributed by atoms with van der Waals surface area (Å²) in [5.41, 5.74) is 1.18. The summed E-state index contributed by atoms with van der Waals surface area (Å²) in [6.45, 7) is 2.08. The van der Waals surface area contributed by atoms with Crippen molar-refractivity contribution in [2.75, 3.05) is 6.26 Å². The van der Waals surface area contributed by atoms with E-state index in [2.05, 4.69) is 40.3 Å². The van der Waals surface area contributed by atoms with Gasteiger partial charge in [0.05, 0.1) is 5.25 Å². The average molecular weight is 346 g/mol. The van der Waals surface area contributed by atoms with Gasteiger partial charge >= 0.3 is 0 Å². The maximum Gasteiger partial charge on any atom is 0.151 e. The quantitative estimate of drug-likeness (QED) is 0.911. The summed E-state index contributed by atoms with van der Waals surface area (Å²) in [6, 6.07) is 8.39. The lowest BCUT2D eigenvalue weighted by atomic mass is 10.1. The van der Waals surface area contributed by atoms with Crippen molar-refractivity contribution in [3.63, 3.8) is 0 Å². The third kappa shape index (κ3) is 3.80. The first kappa shape index (κ1) is 15.0. The molecule has 5 heteroatoms. The molecule has 0 radical (unpaired) electrons. The maximum atomic E-state index is 11.8. The van der Waals surface area contributed by atoms with Crippen LogP contribution in [0.3, 0.4) is 0 Å². The monoisotopic (exact) mass is 345 g/mol. The molecule has 1 aromatic rings. The molecular weight excluding hydrogens is 326 g/mol. The van der Waals surface area contributed by atoms with Crippen molar-refractivity contribution in [1.82, 2.24) is 5.32 Å². The Bertz CT molecular complexity index is 527. The second kappa shape index (κ2) is 5.94. The highest BCUT2D eigenvalue weighted by molar-refractivity contribution is 9.10. The molecule has 1 aromatic carbocycles. The Balaban J connectivity index is 2.06. The molecular formula is C14H20BrNO2S. The molecule has 106 valence electrons. The van der Waals surface area contributed by atoms with Crippen LogP contribution in [-0.4, -0.2) is 26.0 Å². The smallest absolute Gasteiger partial charge is 0.151 e. The zero-order chi connectivity index (χ0) is 14.0. The Labute approximate surface area is 123 Å². The molecule has 1 N–H and O–H groups in total. The van der Waals surface area contributed by atoms with Crippen LogP contribution in [-0.2, 0) is 9.84 Å². The minimum Gasteiger partial charge on any atom is -0.306 e. The summed E-state index contributed by atoms with van der Waals surface area (Å²) in [7, 11) is -2.96. The van der Waals surface area contributed by atoms with E-state index in [4.69, 9.17) is 0 Å². The molecule has 0 amide bonds. The summed E-state index contributed by atoms with van der Waals surface area (Å²) in [6.07, 6.45) is 4.06. The lowest BCUT2D eigenvalue weighted by molar-refractivity contribution is 0.456. The molecule has 19 heavy (non-hydrogen) atoms. The highest BCUT2D eigenvalue weighted by atomic mass is 79.9.